The number of benzene rings is 2. The summed E-state index contributed by atoms with van der Waals surface area (Å²) in [5, 5.41) is 1.02. The number of alkyl halides is 3. The smallest absolute Gasteiger partial charge is 0.284 e. The molecule has 3 nitrogen and oxygen atoms in total. The first-order chi connectivity index (χ1) is 12.4. The zero-order valence-electron chi connectivity index (χ0n) is 13.7. The molecule has 3 aromatic rings. The van der Waals surface area contributed by atoms with Gasteiger partial charge in [0, 0.05) is 11.8 Å². The molecule has 4 rings (SSSR count). The zero-order chi connectivity index (χ0) is 18.3. The van der Waals surface area contributed by atoms with E-state index in [9.17, 15) is 18.0 Å². The second-order valence-corrected chi connectivity index (χ2v) is 7.20. The molecule has 0 amide bonds. The topological polar surface area (TPSA) is 34.9 Å². The van der Waals surface area contributed by atoms with Crippen LogP contribution in [0.25, 0.3) is 10.9 Å². The molecule has 1 aliphatic rings. The van der Waals surface area contributed by atoms with E-state index in [1.807, 2.05) is 0 Å². The van der Waals surface area contributed by atoms with E-state index in [2.05, 4.69) is 4.98 Å². The fourth-order valence-electron chi connectivity index (χ4n) is 2.95. The third kappa shape index (κ3) is 3.23. The average Bonchev–Trinajstić information content (AvgIpc) is 3.44. The summed E-state index contributed by atoms with van der Waals surface area (Å²) in [6.45, 7) is 0. The lowest BCUT2D eigenvalue weighted by molar-refractivity contribution is -0.138. The molecule has 26 heavy (non-hydrogen) atoms. The molecule has 1 aliphatic carbocycles. The standard InChI is InChI=1S/C19H15F3N2OS/c20-19(21,22)15-7-3-1-5-12(15)11-26-18-23-16-8-4-2-6-14(16)17(25)24(18)13-9-10-13/h1-8,13H,9-11H2. The summed E-state index contributed by atoms with van der Waals surface area (Å²) in [4.78, 5) is 17.3. The van der Waals surface area contributed by atoms with E-state index in [1.165, 1.54) is 23.9 Å². The summed E-state index contributed by atoms with van der Waals surface area (Å²) in [7, 11) is 0. The molecule has 0 atom stereocenters. The number of halogens is 3. The maximum absolute atomic E-state index is 13.2. The molecule has 0 radical (unpaired) electrons. The molecule has 0 unspecified atom stereocenters. The average molecular weight is 376 g/mol. The van der Waals surface area contributed by atoms with Crippen LogP contribution in [-0.4, -0.2) is 9.55 Å². The summed E-state index contributed by atoms with van der Waals surface area (Å²) in [6, 6.07) is 12.7. The fraction of sp³-hybridized carbons (Fsp3) is 0.263. The van der Waals surface area contributed by atoms with E-state index in [0.29, 0.717) is 16.1 Å². The van der Waals surface area contributed by atoms with Crippen LogP contribution < -0.4 is 5.56 Å². The van der Waals surface area contributed by atoms with Crippen LogP contribution in [0.5, 0.6) is 0 Å². The molecular formula is C19H15F3N2OS. The van der Waals surface area contributed by atoms with Crippen molar-refractivity contribution in [1.29, 1.82) is 0 Å². The number of para-hydroxylation sites is 1. The molecular weight excluding hydrogens is 361 g/mol. The van der Waals surface area contributed by atoms with Crippen molar-refractivity contribution < 1.29 is 13.2 Å². The van der Waals surface area contributed by atoms with Gasteiger partial charge in [-0.1, -0.05) is 42.1 Å². The molecule has 0 aliphatic heterocycles. The number of fused-ring (bicyclic) bond motifs is 1. The van der Waals surface area contributed by atoms with Gasteiger partial charge in [-0.15, -0.1) is 0 Å². The van der Waals surface area contributed by atoms with Crippen LogP contribution in [0.4, 0.5) is 13.2 Å². The van der Waals surface area contributed by atoms with Gasteiger partial charge in [0.25, 0.3) is 5.56 Å². The normalized spacial score (nSPS) is 14.7. The van der Waals surface area contributed by atoms with Crippen molar-refractivity contribution >= 4 is 22.7 Å². The predicted molar refractivity (Wildman–Crippen MR) is 95.3 cm³/mol. The van der Waals surface area contributed by atoms with Gasteiger partial charge in [-0.2, -0.15) is 13.2 Å². The highest BCUT2D eigenvalue weighted by Crippen LogP contribution is 2.38. The molecule has 0 spiro atoms. The Hall–Kier alpha value is -2.28. The van der Waals surface area contributed by atoms with Gasteiger partial charge in [0.2, 0.25) is 0 Å². The number of hydrogen-bond acceptors (Lipinski definition) is 3. The maximum atomic E-state index is 13.2. The van der Waals surface area contributed by atoms with Crippen LogP contribution in [0.2, 0.25) is 0 Å². The summed E-state index contributed by atoms with van der Waals surface area (Å²) in [6.07, 6.45) is -2.61. The largest absolute Gasteiger partial charge is 0.416 e. The molecule has 1 heterocycles. The van der Waals surface area contributed by atoms with Crippen molar-refractivity contribution in [3.05, 3.63) is 70.0 Å². The van der Waals surface area contributed by atoms with Gasteiger partial charge in [0.1, 0.15) is 0 Å². The predicted octanol–water partition coefficient (Wildman–Crippen LogP) is 5.04. The molecule has 0 bridgehead atoms. The molecule has 1 aromatic heterocycles. The Morgan fingerprint density at radius 1 is 1.08 bits per heavy atom. The van der Waals surface area contributed by atoms with Crippen molar-refractivity contribution in [2.45, 2.75) is 36.0 Å². The molecule has 0 N–H and O–H groups in total. The molecule has 134 valence electrons. The monoisotopic (exact) mass is 376 g/mol. The molecule has 7 heteroatoms. The lowest BCUT2D eigenvalue weighted by atomic mass is 10.1. The van der Waals surface area contributed by atoms with Crippen molar-refractivity contribution in [3.8, 4) is 0 Å². The minimum absolute atomic E-state index is 0.0972. The quantitative estimate of drug-likeness (QED) is 0.472. The van der Waals surface area contributed by atoms with Crippen molar-refractivity contribution in [2.24, 2.45) is 0 Å². The lowest BCUT2D eigenvalue weighted by Gasteiger charge is -2.14. The summed E-state index contributed by atoms with van der Waals surface area (Å²) < 4.78 is 41.2. The van der Waals surface area contributed by atoms with E-state index < -0.39 is 11.7 Å². The minimum atomic E-state index is -4.40. The third-order valence-corrected chi connectivity index (χ3v) is 5.37. The van der Waals surface area contributed by atoms with Gasteiger partial charge in [-0.05, 0) is 36.6 Å². The van der Waals surface area contributed by atoms with E-state index in [-0.39, 0.29) is 22.9 Å². The first-order valence-electron chi connectivity index (χ1n) is 8.24. The maximum Gasteiger partial charge on any atom is 0.416 e. The van der Waals surface area contributed by atoms with E-state index in [1.54, 1.807) is 34.9 Å². The zero-order valence-corrected chi connectivity index (χ0v) is 14.5. The highest BCUT2D eigenvalue weighted by Gasteiger charge is 2.33. The highest BCUT2D eigenvalue weighted by molar-refractivity contribution is 7.98. The van der Waals surface area contributed by atoms with Gasteiger partial charge in [-0.3, -0.25) is 9.36 Å². The van der Waals surface area contributed by atoms with Gasteiger partial charge in [0.05, 0.1) is 16.5 Å². The first kappa shape index (κ1) is 17.1. The summed E-state index contributed by atoms with van der Waals surface area (Å²) in [5.41, 5.74) is -0.00549. The van der Waals surface area contributed by atoms with Crippen molar-refractivity contribution in [1.82, 2.24) is 9.55 Å². The SMILES string of the molecule is O=c1c2ccccc2nc(SCc2ccccc2C(F)(F)F)n1C1CC1. The number of hydrogen-bond donors (Lipinski definition) is 0. The van der Waals surface area contributed by atoms with Crippen LogP contribution in [0.15, 0.2) is 58.5 Å². The van der Waals surface area contributed by atoms with Crippen LogP contribution in [-0.2, 0) is 11.9 Å². The highest BCUT2D eigenvalue weighted by atomic mass is 32.2. The van der Waals surface area contributed by atoms with Crippen LogP contribution >= 0.6 is 11.8 Å². The summed E-state index contributed by atoms with van der Waals surface area (Å²) >= 11 is 1.18. The Balaban J connectivity index is 1.73. The summed E-state index contributed by atoms with van der Waals surface area (Å²) in [5.74, 6) is 0.104. The number of aromatic nitrogens is 2. The fourth-order valence-corrected chi connectivity index (χ4v) is 4.02. The molecule has 1 saturated carbocycles. The van der Waals surface area contributed by atoms with Crippen molar-refractivity contribution in [2.75, 3.05) is 0 Å². The number of thioether (sulfide) groups is 1. The van der Waals surface area contributed by atoms with Crippen LogP contribution in [0, 0.1) is 0 Å². The van der Waals surface area contributed by atoms with Crippen molar-refractivity contribution in [3.63, 3.8) is 0 Å². The van der Waals surface area contributed by atoms with Gasteiger partial charge < -0.3 is 0 Å². The van der Waals surface area contributed by atoms with Gasteiger partial charge in [-0.25, -0.2) is 4.98 Å². The second-order valence-electron chi connectivity index (χ2n) is 6.26. The third-order valence-electron chi connectivity index (χ3n) is 4.37. The van der Waals surface area contributed by atoms with Gasteiger partial charge in [0.15, 0.2) is 5.16 Å². The Labute approximate surface area is 151 Å². The molecule has 1 fully saturated rings. The Morgan fingerprint density at radius 3 is 2.50 bits per heavy atom. The number of rotatable bonds is 4. The van der Waals surface area contributed by atoms with E-state index >= 15 is 0 Å². The van der Waals surface area contributed by atoms with E-state index in [0.717, 1.165) is 18.9 Å². The first-order valence-corrected chi connectivity index (χ1v) is 9.23. The Kier molecular flexibility index (Phi) is 4.26. The van der Waals surface area contributed by atoms with E-state index in [4.69, 9.17) is 0 Å². The molecule has 0 saturated heterocycles. The van der Waals surface area contributed by atoms with Crippen LogP contribution in [0.1, 0.15) is 30.0 Å². The lowest BCUT2D eigenvalue weighted by Crippen LogP contribution is -2.22. The number of nitrogens with zero attached hydrogens (tertiary/aromatic N) is 2. The Bertz CT molecular complexity index is 1030. The van der Waals surface area contributed by atoms with Gasteiger partial charge >= 0.3 is 6.18 Å². The minimum Gasteiger partial charge on any atom is -0.284 e. The Morgan fingerprint density at radius 2 is 1.77 bits per heavy atom. The second kappa shape index (κ2) is 6.46. The van der Waals surface area contributed by atoms with Crippen LogP contribution in [0.3, 0.4) is 0 Å². The molecule has 2 aromatic carbocycles.